The fourth-order valence-corrected chi connectivity index (χ4v) is 2.00. The first-order valence-corrected chi connectivity index (χ1v) is 6.29. The van der Waals surface area contributed by atoms with Crippen LogP contribution in [-0.4, -0.2) is 9.97 Å². The van der Waals surface area contributed by atoms with E-state index < -0.39 is 0 Å². The van der Waals surface area contributed by atoms with E-state index in [-0.39, 0.29) is 11.7 Å². The van der Waals surface area contributed by atoms with Crippen molar-refractivity contribution < 1.29 is 4.39 Å². The zero-order chi connectivity index (χ0) is 12.4. The van der Waals surface area contributed by atoms with Gasteiger partial charge in [-0.3, -0.25) is 0 Å². The molecule has 0 N–H and O–H groups in total. The molecule has 0 atom stereocenters. The van der Waals surface area contributed by atoms with Gasteiger partial charge in [0.2, 0.25) is 0 Å². The average molecular weight is 316 g/mol. The topological polar surface area (TPSA) is 25.8 Å². The van der Waals surface area contributed by atoms with E-state index in [2.05, 4.69) is 25.9 Å². The Balaban J connectivity index is 2.59. The van der Waals surface area contributed by atoms with Crippen LogP contribution in [0.5, 0.6) is 0 Å². The molecule has 0 saturated carbocycles. The molecule has 0 aliphatic heterocycles. The van der Waals surface area contributed by atoms with E-state index in [9.17, 15) is 4.39 Å². The Morgan fingerprint density at radius 1 is 1.29 bits per heavy atom. The Labute approximate surface area is 112 Å². The van der Waals surface area contributed by atoms with Crippen LogP contribution in [0.1, 0.15) is 11.5 Å². The Kier molecular flexibility index (Phi) is 3.74. The summed E-state index contributed by atoms with van der Waals surface area (Å²) in [6, 6.07) is 6.47. The molecule has 88 valence electrons. The average Bonchev–Trinajstić information content (AvgIpc) is 2.31. The lowest BCUT2D eigenvalue weighted by Gasteiger charge is -2.06. The molecule has 0 aliphatic carbocycles. The highest BCUT2D eigenvalue weighted by Gasteiger charge is 2.09. The van der Waals surface area contributed by atoms with Gasteiger partial charge in [0, 0.05) is 15.7 Å². The molecule has 0 saturated heterocycles. The summed E-state index contributed by atoms with van der Waals surface area (Å²) in [5, 5.41) is 0. The SMILES string of the molecule is Cc1cc(-c2cc(Br)ccc2F)nc(CCl)n1. The Bertz CT molecular complexity index is 560. The quantitative estimate of drug-likeness (QED) is 0.780. The molecule has 2 nitrogen and oxygen atoms in total. The second kappa shape index (κ2) is 5.10. The predicted octanol–water partition coefficient (Wildman–Crippen LogP) is 4.09. The number of nitrogens with zero attached hydrogens (tertiary/aromatic N) is 2. The lowest BCUT2D eigenvalue weighted by molar-refractivity contribution is 0.630. The van der Waals surface area contributed by atoms with Gasteiger partial charge in [-0.1, -0.05) is 15.9 Å². The highest BCUT2D eigenvalue weighted by Crippen LogP contribution is 2.25. The van der Waals surface area contributed by atoms with Crippen LogP contribution in [0.25, 0.3) is 11.3 Å². The molecule has 5 heteroatoms. The van der Waals surface area contributed by atoms with Crippen LogP contribution >= 0.6 is 27.5 Å². The molecule has 0 fully saturated rings. The normalized spacial score (nSPS) is 10.6. The minimum Gasteiger partial charge on any atom is -0.237 e. The molecule has 1 heterocycles. The Morgan fingerprint density at radius 2 is 2.06 bits per heavy atom. The van der Waals surface area contributed by atoms with Gasteiger partial charge >= 0.3 is 0 Å². The summed E-state index contributed by atoms with van der Waals surface area (Å²) in [4.78, 5) is 8.37. The maximum atomic E-state index is 13.7. The van der Waals surface area contributed by atoms with E-state index >= 15 is 0 Å². The number of hydrogen-bond acceptors (Lipinski definition) is 2. The van der Waals surface area contributed by atoms with Gasteiger partial charge in [0.05, 0.1) is 11.6 Å². The van der Waals surface area contributed by atoms with E-state index in [1.165, 1.54) is 6.07 Å². The van der Waals surface area contributed by atoms with Crippen LogP contribution in [0.4, 0.5) is 4.39 Å². The second-order valence-corrected chi connectivity index (χ2v) is 4.75. The van der Waals surface area contributed by atoms with Gasteiger partial charge in [0.15, 0.2) is 0 Å². The van der Waals surface area contributed by atoms with Crippen LogP contribution in [0.3, 0.4) is 0 Å². The molecule has 17 heavy (non-hydrogen) atoms. The van der Waals surface area contributed by atoms with Crippen molar-refractivity contribution in [3.8, 4) is 11.3 Å². The molecule has 0 amide bonds. The number of benzene rings is 1. The minimum absolute atomic E-state index is 0.213. The van der Waals surface area contributed by atoms with E-state index in [1.54, 1.807) is 18.2 Å². The molecule has 1 aromatic carbocycles. The van der Waals surface area contributed by atoms with Crippen molar-refractivity contribution in [2.75, 3.05) is 0 Å². The fraction of sp³-hybridized carbons (Fsp3) is 0.167. The van der Waals surface area contributed by atoms with Gasteiger partial charge in [-0.25, -0.2) is 14.4 Å². The van der Waals surface area contributed by atoms with Crippen molar-refractivity contribution in [2.24, 2.45) is 0 Å². The lowest BCUT2D eigenvalue weighted by Crippen LogP contribution is -1.97. The van der Waals surface area contributed by atoms with Crippen LogP contribution in [0.15, 0.2) is 28.7 Å². The van der Waals surface area contributed by atoms with Crippen molar-refractivity contribution in [3.63, 3.8) is 0 Å². The first kappa shape index (κ1) is 12.5. The second-order valence-electron chi connectivity index (χ2n) is 3.57. The van der Waals surface area contributed by atoms with Gasteiger partial charge in [-0.15, -0.1) is 11.6 Å². The van der Waals surface area contributed by atoms with Crippen LogP contribution in [-0.2, 0) is 5.88 Å². The summed E-state index contributed by atoms with van der Waals surface area (Å²) in [6.45, 7) is 1.83. The minimum atomic E-state index is -0.313. The number of halogens is 3. The monoisotopic (exact) mass is 314 g/mol. The maximum Gasteiger partial charge on any atom is 0.143 e. The van der Waals surface area contributed by atoms with Crippen molar-refractivity contribution in [1.82, 2.24) is 9.97 Å². The number of aromatic nitrogens is 2. The molecule has 2 rings (SSSR count). The van der Waals surface area contributed by atoms with Crippen molar-refractivity contribution >= 4 is 27.5 Å². The zero-order valence-corrected chi connectivity index (χ0v) is 11.4. The molecule has 0 aliphatic rings. The summed E-state index contributed by atoms with van der Waals surface area (Å²) in [5.41, 5.74) is 1.76. The molecular weight excluding hydrogens is 307 g/mol. The van der Waals surface area contributed by atoms with E-state index in [1.807, 2.05) is 6.92 Å². The highest BCUT2D eigenvalue weighted by atomic mass is 79.9. The fourth-order valence-electron chi connectivity index (χ4n) is 1.52. The highest BCUT2D eigenvalue weighted by molar-refractivity contribution is 9.10. The molecule has 0 spiro atoms. The van der Waals surface area contributed by atoms with Gasteiger partial charge in [-0.05, 0) is 31.2 Å². The molecular formula is C12H9BrClFN2. The summed E-state index contributed by atoms with van der Waals surface area (Å²) >= 11 is 9.01. The van der Waals surface area contributed by atoms with Gasteiger partial charge < -0.3 is 0 Å². The van der Waals surface area contributed by atoms with Crippen LogP contribution < -0.4 is 0 Å². The van der Waals surface area contributed by atoms with Gasteiger partial charge in [0.1, 0.15) is 11.6 Å². The standard InChI is InChI=1S/C12H9BrClFN2/c1-7-4-11(17-12(6-14)16-7)9-5-8(13)2-3-10(9)15/h2-5H,6H2,1H3. The van der Waals surface area contributed by atoms with Gasteiger partial charge in [-0.2, -0.15) is 0 Å². The first-order chi connectivity index (χ1) is 8.10. The van der Waals surface area contributed by atoms with Gasteiger partial charge in [0.25, 0.3) is 0 Å². The summed E-state index contributed by atoms with van der Waals surface area (Å²) in [5.74, 6) is 0.400. The smallest absolute Gasteiger partial charge is 0.143 e. The Morgan fingerprint density at radius 3 is 2.76 bits per heavy atom. The largest absolute Gasteiger partial charge is 0.237 e. The predicted molar refractivity (Wildman–Crippen MR) is 69.4 cm³/mol. The summed E-state index contributed by atoms with van der Waals surface area (Å²) in [6.07, 6.45) is 0. The molecule has 2 aromatic rings. The lowest BCUT2D eigenvalue weighted by atomic mass is 10.1. The van der Waals surface area contributed by atoms with Crippen molar-refractivity contribution in [3.05, 3.63) is 46.1 Å². The zero-order valence-electron chi connectivity index (χ0n) is 9.04. The number of rotatable bonds is 2. The summed E-state index contributed by atoms with van der Waals surface area (Å²) in [7, 11) is 0. The maximum absolute atomic E-state index is 13.7. The first-order valence-electron chi connectivity index (χ1n) is 4.96. The van der Waals surface area contributed by atoms with Crippen LogP contribution in [0, 0.1) is 12.7 Å². The van der Waals surface area contributed by atoms with E-state index in [4.69, 9.17) is 11.6 Å². The molecule has 0 unspecified atom stereocenters. The third kappa shape index (κ3) is 2.82. The van der Waals surface area contributed by atoms with E-state index in [0.717, 1.165) is 10.2 Å². The summed E-state index contributed by atoms with van der Waals surface area (Å²) < 4.78 is 14.5. The molecule has 0 bridgehead atoms. The van der Waals surface area contributed by atoms with Crippen molar-refractivity contribution in [2.45, 2.75) is 12.8 Å². The van der Waals surface area contributed by atoms with Crippen LogP contribution in [0.2, 0.25) is 0 Å². The molecule has 1 aromatic heterocycles. The third-order valence-electron chi connectivity index (χ3n) is 2.22. The Hall–Kier alpha value is -1.000. The van der Waals surface area contributed by atoms with E-state index in [0.29, 0.717) is 17.1 Å². The third-order valence-corrected chi connectivity index (χ3v) is 2.96. The number of aryl methyl sites for hydroxylation is 1. The van der Waals surface area contributed by atoms with Crippen molar-refractivity contribution in [1.29, 1.82) is 0 Å². The number of alkyl halides is 1. The molecule has 0 radical (unpaired) electrons. The number of hydrogen-bond donors (Lipinski definition) is 0.